The van der Waals surface area contributed by atoms with Gasteiger partial charge in [0, 0.05) is 37.8 Å². The van der Waals surface area contributed by atoms with E-state index in [1.54, 1.807) is 13.3 Å². The number of methoxy groups -OCH3 is 1. The molecule has 1 aromatic heterocycles. The lowest BCUT2D eigenvalue weighted by atomic mass is 9.94. The van der Waals surface area contributed by atoms with Crippen LogP contribution in [0.4, 0.5) is 17.5 Å². The van der Waals surface area contributed by atoms with Crippen molar-refractivity contribution in [3.8, 4) is 5.75 Å². The molecule has 0 spiro atoms. The molecule has 0 radical (unpaired) electrons. The Morgan fingerprint density at radius 2 is 1.81 bits per heavy atom. The van der Waals surface area contributed by atoms with Gasteiger partial charge in [-0.1, -0.05) is 32.9 Å². The van der Waals surface area contributed by atoms with Crippen LogP contribution in [0.5, 0.6) is 5.75 Å². The van der Waals surface area contributed by atoms with Crippen LogP contribution in [0.3, 0.4) is 0 Å². The molecule has 1 aliphatic rings. The average molecular weight is 369 g/mol. The number of nitrogens with zero attached hydrogens (tertiary/aromatic N) is 4. The maximum absolute atomic E-state index is 12.4. The fourth-order valence-electron chi connectivity index (χ4n) is 3.04. The minimum atomic E-state index is -0.350. The van der Waals surface area contributed by atoms with Gasteiger partial charge in [-0.15, -0.1) is 0 Å². The number of piperazine rings is 1. The second kappa shape index (κ2) is 7.82. The fraction of sp³-hybridized carbons (Fsp3) is 0.450. The van der Waals surface area contributed by atoms with E-state index in [0.717, 1.165) is 24.5 Å². The molecule has 0 saturated carbocycles. The van der Waals surface area contributed by atoms with Crippen molar-refractivity contribution in [1.82, 2.24) is 14.9 Å². The number of carbonyl (C=O) groups is 1. The molecule has 27 heavy (non-hydrogen) atoms. The number of carbonyl (C=O) groups excluding carboxylic acids is 1. The van der Waals surface area contributed by atoms with Gasteiger partial charge in [0.05, 0.1) is 12.8 Å². The zero-order valence-electron chi connectivity index (χ0n) is 16.4. The molecule has 1 amide bonds. The third-order valence-electron chi connectivity index (χ3n) is 4.50. The van der Waals surface area contributed by atoms with Crippen molar-refractivity contribution >= 4 is 23.4 Å². The van der Waals surface area contributed by atoms with Crippen LogP contribution >= 0.6 is 0 Å². The predicted molar refractivity (Wildman–Crippen MR) is 107 cm³/mol. The Labute approximate surface area is 160 Å². The molecule has 1 aromatic carbocycles. The lowest BCUT2D eigenvalue weighted by Crippen LogP contribution is -2.52. The summed E-state index contributed by atoms with van der Waals surface area (Å²) in [6.45, 7) is 8.68. The van der Waals surface area contributed by atoms with Crippen LogP contribution in [0.15, 0.2) is 36.5 Å². The number of hydrogen-bond donors (Lipinski definition) is 1. The molecule has 0 bridgehead atoms. The van der Waals surface area contributed by atoms with E-state index in [1.807, 2.05) is 56.0 Å². The number of rotatable bonds is 4. The van der Waals surface area contributed by atoms with E-state index >= 15 is 0 Å². The summed E-state index contributed by atoms with van der Waals surface area (Å²) in [4.78, 5) is 25.5. The van der Waals surface area contributed by atoms with Crippen LogP contribution in [0.2, 0.25) is 0 Å². The molecule has 1 fully saturated rings. The molecular formula is C20H27N5O2. The van der Waals surface area contributed by atoms with Gasteiger partial charge >= 0.3 is 0 Å². The van der Waals surface area contributed by atoms with Gasteiger partial charge in [0.15, 0.2) is 0 Å². The summed E-state index contributed by atoms with van der Waals surface area (Å²) in [5.41, 5.74) is 0.502. The van der Waals surface area contributed by atoms with E-state index in [9.17, 15) is 4.79 Å². The number of nitrogens with one attached hydrogen (secondary N) is 1. The highest BCUT2D eigenvalue weighted by molar-refractivity contribution is 5.81. The first-order valence-corrected chi connectivity index (χ1v) is 9.16. The lowest BCUT2D eigenvalue weighted by Gasteiger charge is -2.37. The van der Waals surface area contributed by atoms with Crippen LogP contribution in [-0.2, 0) is 4.79 Å². The first-order chi connectivity index (χ1) is 12.9. The maximum atomic E-state index is 12.4. The molecule has 0 aliphatic carbocycles. The Bertz CT molecular complexity index is 795. The summed E-state index contributed by atoms with van der Waals surface area (Å²) in [6, 6.07) is 9.54. The van der Waals surface area contributed by atoms with Crippen molar-refractivity contribution in [2.75, 3.05) is 43.5 Å². The van der Waals surface area contributed by atoms with Gasteiger partial charge in [-0.05, 0) is 18.2 Å². The first-order valence-electron chi connectivity index (χ1n) is 9.16. The highest BCUT2D eigenvalue weighted by Gasteiger charge is 2.30. The minimum absolute atomic E-state index is 0.189. The first kappa shape index (κ1) is 18.9. The van der Waals surface area contributed by atoms with E-state index in [1.165, 1.54) is 0 Å². The fourth-order valence-corrected chi connectivity index (χ4v) is 3.04. The third-order valence-corrected chi connectivity index (χ3v) is 4.50. The second-order valence-electron chi connectivity index (χ2n) is 7.60. The van der Waals surface area contributed by atoms with Crippen molar-refractivity contribution in [3.05, 3.63) is 36.5 Å². The molecule has 0 atom stereocenters. The van der Waals surface area contributed by atoms with Crippen molar-refractivity contribution in [1.29, 1.82) is 0 Å². The monoisotopic (exact) mass is 369 g/mol. The van der Waals surface area contributed by atoms with Crippen molar-refractivity contribution in [2.24, 2.45) is 5.41 Å². The summed E-state index contributed by atoms with van der Waals surface area (Å²) >= 11 is 0. The molecule has 0 unspecified atom stereocenters. The van der Waals surface area contributed by atoms with E-state index in [-0.39, 0.29) is 11.3 Å². The molecule has 144 valence electrons. The van der Waals surface area contributed by atoms with E-state index < -0.39 is 0 Å². The molecular weight excluding hydrogens is 342 g/mol. The average Bonchev–Trinajstić information content (AvgIpc) is 2.67. The highest BCUT2D eigenvalue weighted by Crippen LogP contribution is 2.27. The molecule has 3 rings (SSSR count). The van der Waals surface area contributed by atoms with Crippen LogP contribution in [-0.4, -0.2) is 54.1 Å². The molecule has 1 N–H and O–H groups in total. The summed E-state index contributed by atoms with van der Waals surface area (Å²) in [7, 11) is 1.64. The van der Waals surface area contributed by atoms with Gasteiger partial charge in [0.2, 0.25) is 11.9 Å². The van der Waals surface area contributed by atoms with E-state index in [4.69, 9.17) is 4.74 Å². The third kappa shape index (κ3) is 4.48. The lowest BCUT2D eigenvalue weighted by molar-refractivity contribution is -0.139. The maximum Gasteiger partial charge on any atom is 0.228 e. The Hall–Kier alpha value is -2.83. The smallest absolute Gasteiger partial charge is 0.228 e. The zero-order valence-corrected chi connectivity index (χ0v) is 16.4. The highest BCUT2D eigenvalue weighted by atomic mass is 16.5. The Balaban J connectivity index is 1.67. The van der Waals surface area contributed by atoms with Crippen LogP contribution in [0, 0.1) is 5.41 Å². The number of anilines is 3. The molecule has 1 aliphatic heterocycles. The summed E-state index contributed by atoms with van der Waals surface area (Å²) in [5, 5.41) is 3.28. The van der Waals surface area contributed by atoms with Crippen molar-refractivity contribution < 1.29 is 9.53 Å². The quantitative estimate of drug-likeness (QED) is 0.894. The van der Waals surface area contributed by atoms with Gasteiger partial charge in [-0.3, -0.25) is 4.79 Å². The van der Waals surface area contributed by atoms with Gasteiger partial charge in [-0.25, -0.2) is 4.98 Å². The van der Waals surface area contributed by atoms with Crippen molar-refractivity contribution in [2.45, 2.75) is 20.8 Å². The van der Waals surface area contributed by atoms with Gasteiger partial charge < -0.3 is 19.9 Å². The number of aromatic nitrogens is 2. The Morgan fingerprint density at radius 3 is 2.48 bits per heavy atom. The zero-order chi connectivity index (χ0) is 19.4. The van der Waals surface area contributed by atoms with Crippen molar-refractivity contribution in [3.63, 3.8) is 0 Å². The summed E-state index contributed by atoms with van der Waals surface area (Å²) < 4.78 is 5.37. The summed E-state index contributed by atoms with van der Waals surface area (Å²) in [6.07, 6.45) is 1.74. The number of para-hydroxylation sites is 2. The number of hydrogen-bond acceptors (Lipinski definition) is 6. The van der Waals surface area contributed by atoms with Gasteiger partial charge in [-0.2, -0.15) is 4.98 Å². The number of ether oxygens (including phenoxy) is 1. The number of amides is 1. The van der Waals surface area contributed by atoms with E-state index in [0.29, 0.717) is 24.9 Å². The Kier molecular flexibility index (Phi) is 5.48. The SMILES string of the molecule is COc1ccccc1Nc1ccnc(N2CCN(C(=O)C(C)(C)C)CC2)n1. The standard InChI is InChI=1S/C20H27N5O2/c1-20(2,3)18(26)24-11-13-25(14-12-24)19-21-10-9-17(23-19)22-15-7-5-6-8-16(15)27-4/h5-10H,11-14H2,1-4H3,(H,21,22,23). The molecule has 2 aromatic rings. The predicted octanol–water partition coefficient (Wildman–Crippen LogP) is 2.92. The molecule has 7 heteroatoms. The topological polar surface area (TPSA) is 70.6 Å². The largest absolute Gasteiger partial charge is 0.495 e. The van der Waals surface area contributed by atoms with E-state index in [2.05, 4.69) is 20.2 Å². The normalized spacial score (nSPS) is 14.8. The van der Waals surface area contributed by atoms with Crippen LogP contribution < -0.4 is 15.0 Å². The summed E-state index contributed by atoms with van der Waals surface area (Å²) in [5.74, 6) is 2.32. The minimum Gasteiger partial charge on any atom is -0.495 e. The molecule has 1 saturated heterocycles. The van der Waals surface area contributed by atoms with Gasteiger partial charge in [0.1, 0.15) is 11.6 Å². The molecule has 7 nitrogen and oxygen atoms in total. The second-order valence-corrected chi connectivity index (χ2v) is 7.60. The number of benzene rings is 1. The van der Waals surface area contributed by atoms with Crippen LogP contribution in [0.1, 0.15) is 20.8 Å². The van der Waals surface area contributed by atoms with Crippen LogP contribution in [0.25, 0.3) is 0 Å². The Morgan fingerprint density at radius 1 is 1.11 bits per heavy atom. The molecule has 2 heterocycles. The van der Waals surface area contributed by atoms with Gasteiger partial charge in [0.25, 0.3) is 0 Å².